The third-order valence-corrected chi connectivity index (χ3v) is 4.49. The van der Waals surface area contributed by atoms with Gasteiger partial charge in [-0.2, -0.15) is 4.68 Å². The Hall–Kier alpha value is -2.74. The van der Waals surface area contributed by atoms with Crippen LogP contribution in [0.4, 0.5) is 4.39 Å². The smallest absolute Gasteiger partial charge is 0.214 e. The molecule has 8 heteroatoms. The summed E-state index contributed by atoms with van der Waals surface area (Å²) in [6.07, 6.45) is 1.03. The summed E-state index contributed by atoms with van der Waals surface area (Å²) in [6, 6.07) is 12.1. The zero-order valence-corrected chi connectivity index (χ0v) is 14.0. The molecule has 128 valence electrons. The molecule has 6 nitrogen and oxygen atoms in total. The molecule has 0 aliphatic carbocycles. The molecule has 0 bridgehead atoms. The second-order valence-corrected chi connectivity index (χ2v) is 6.33. The topological polar surface area (TPSA) is 80.9 Å². The number of Topliss-reactive ketones (excluding diaryl/α,β-unsaturated/α-hetero) is 1. The highest BCUT2D eigenvalue weighted by molar-refractivity contribution is 7.99. The monoisotopic (exact) mass is 358 g/mol. The lowest BCUT2D eigenvalue weighted by Crippen LogP contribution is -2.01. The highest BCUT2D eigenvalue weighted by Gasteiger charge is 2.10. The first-order valence-electron chi connectivity index (χ1n) is 7.63. The van der Waals surface area contributed by atoms with Crippen LogP contribution in [0.25, 0.3) is 5.69 Å². The van der Waals surface area contributed by atoms with E-state index in [1.165, 1.54) is 36.0 Å². The zero-order chi connectivity index (χ0) is 17.6. The number of hydrogen-bond donors (Lipinski definition) is 1. The summed E-state index contributed by atoms with van der Waals surface area (Å²) in [7, 11) is 0. The SMILES string of the molecule is O=C(CCCSc1nnnn1-c1ccc(O)cc1)c1ccc(F)cc1. The van der Waals surface area contributed by atoms with Gasteiger partial charge in [-0.05, 0) is 65.4 Å². The van der Waals surface area contributed by atoms with Crippen molar-refractivity contribution in [1.29, 1.82) is 0 Å². The lowest BCUT2D eigenvalue weighted by molar-refractivity contribution is 0.0982. The van der Waals surface area contributed by atoms with Crippen LogP contribution < -0.4 is 0 Å². The van der Waals surface area contributed by atoms with E-state index >= 15 is 0 Å². The van der Waals surface area contributed by atoms with E-state index in [1.54, 1.807) is 28.9 Å². The third kappa shape index (κ3) is 4.42. The molecular formula is C17H15FN4O2S. The van der Waals surface area contributed by atoms with Gasteiger partial charge in [0.05, 0.1) is 5.69 Å². The first-order chi connectivity index (χ1) is 12.1. The van der Waals surface area contributed by atoms with Crippen molar-refractivity contribution in [3.05, 3.63) is 59.9 Å². The van der Waals surface area contributed by atoms with Crippen molar-refractivity contribution >= 4 is 17.5 Å². The third-order valence-electron chi connectivity index (χ3n) is 3.48. The Balaban J connectivity index is 1.53. The average molecular weight is 358 g/mol. The van der Waals surface area contributed by atoms with Gasteiger partial charge in [-0.25, -0.2) is 4.39 Å². The zero-order valence-electron chi connectivity index (χ0n) is 13.2. The Morgan fingerprint density at radius 1 is 1.12 bits per heavy atom. The van der Waals surface area contributed by atoms with E-state index in [-0.39, 0.29) is 17.3 Å². The predicted octanol–water partition coefficient (Wildman–Crippen LogP) is 3.26. The summed E-state index contributed by atoms with van der Waals surface area (Å²) in [5.41, 5.74) is 1.26. The lowest BCUT2D eigenvalue weighted by atomic mass is 10.1. The maximum Gasteiger partial charge on any atom is 0.214 e. The van der Waals surface area contributed by atoms with Crippen LogP contribution in [-0.2, 0) is 0 Å². The van der Waals surface area contributed by atoms with Crippen LogP contribution in [0.2, 0.25) is 0 Å². The molecule has 0 fully saturated rings. The van der Waals surface area contributed by atoms with Gasteiger partial charge in [0.1, 0.15) is 11.6 Å². The Morgan fingerprint density at radius 2 is 1.84 bits per heavy atom. The molecule has 0 aliphatic heterocycles. The summed E-state index contributed by atoms with van der Waals surface area (Å²) in [5, 5.41) is 21.5. The minimum atomic E-state index is -0.354. The molecular weight excluding hydrogens is 343 g/mol. The maximum absolute atomic E-state index is 12.9. The highest BCUT2D eigenvalue weighted by Crippen LogP contribution is 2.21. The van der Waals surface area contributed by atoms with Crippen molar-refractivity contribution in [2.24, 2.45) is 0 Å². The quantitative estimate of drug-likeness (QED) is 0.397. The Labute approximate surface area is 147 Å². The number of aromatic nitrogens is 4. The molecule has 3 rings (SSSR count). The molecule has 0 atom stereocenters. The van der Waals surface area contributed by atoms with Gasteiger partial charge < -0.3 is 5.11 Å². The molecule has 25 heavy (non-hydrogen) atoms. The van der Waals surface area contributed by atoms with Crippen LogP contribution in [0, 0.1) is 5.82 Å². The number of thioether (sulfide) groups is 1. The van der Waals surface area contributed by atoms with E-state index in [1.807, 2.05) is 0 Å². The number of ketones is 1. The molecule has 0 aliphatic rings. The van der Waals surface area contributed by atoms with Crippen LogP contribution in [-0.4, -0.2) is 36.8 Å². The van der Waals surface area contributed by atoms with Gasteiger partial charge in [-0.3, -0.25) is 4.79 Å². The standard InChI is InChI=1S/C17H15FN4O2S/c18-13-5-3-12(4-6-13)16(24)2-1-11-25-17-19-20-21-22(17)14-7-9-15(23)10-8-14/h3-10,23H,1-2,11H2. The van der Waals surface area contributed by atoms with Crippen LogP contribution >= 0.6 is 11.8 Å². The number of carbonyl (C=O) groups is 1. The first-order valence-corrected chi connectivity index (χ1v) is 8.61. The number of phenols is 1. The largest absolute Gasteiger partial charge is 0.508 e. The number of tetrazole rings is 1. The summed E-state index contributed by atoms with van der Waals surface area (Å²) >= 11 is 1.44. The number of benzene rings is 2. The van der Waals surface area contributed by atoms with Gasteiger partial charge >= 0.3 is 0 Å². The normalized spacial score (nSPS) is 10.8. The molecule has 0 radical (unpaired) electrons. The summed E-state index contributed by atoms with van der Waals surface area (Å²) in [4.78, 5) is 12.0. The number of rotatable bonds is 7. The van der Waals surface area contributed by atoms with E-state index in [0.717, 1.165) is 5.69 Å². The number of nitrogens with zero attached hydrogens (tertiary/aromatic N) is 4. The molecule has 0 unspecified atom stereocenters. The minimum Gasteiger partial charge on any atom is -0.508 e. The van der Waals surface area contributed by atoms with E-state index < -0.39 is 0 Å². The van der Waals surface area contributed by atoms with E-state index in [2.05, 4.69) is 15.5 Å². The first kappa shape index (κ1) is 17.1. The Bertz CT molecular complexity index is 850. The lowest BCUT2D eigenvalue weighted by Gasteiger charge is -2.04. The van der Waals surface area contributed by atoms with Gasteiger partial charge in [0.2, 0.25) is 5.16 Å². The summed E-state index contributed by atoms with van der Waals surface area (Å²) < 4.78 is 14.4. The van der Waals surface area contributed by atoms with Gasteiger partial charge in [0.15, 0.2) is 5.78 Å². The van der Waals surface area contributed by atoms with Crippen LogP contribution in [0.5, 0.6) is 5.75 Å². The van der Waals surface area contributed by atoms with Crippen LogP contribution in [0.3, 0.4) is 0 Å². The molecule has 0 spiro atoms. The van der Waals surface area contributed by atoms with E-state index in [4.69, 9.17) is 0 Å². The van der Waals surface area contributed by atoms with E-state index in [9.17, 15) is 14.3 Å². The van der Waals surface area contributed by atoms with Gasteiger partial charge in [0, 0.05) is 17.7 Å². The number of halogens is 1. The molecule has 0 amide bonds. The van der Waals surface area contributed by atoms with Crippen molar-refractivity contribution in [3.8, 4) is 11.4 Å². The molecule has 3 aromatic rings. The molecule has 1 aromatic heterocycles. The summed E-state index contributed by atoms with van der Waals surface area (Å²) in [5.74, 6) is 0.475. The van der Waals surface area contributed by atoms with Crippen molar-refractivity contribution in [2.75, 3.05) is 5.75 Å². The summed E-state index contributed by atoms with van der Waals surface area (Å²) in [6.45, 7) is 0. The van der Waals surface area contributed by atoms with Crippen molar-refractivity contribution in [3.63, 3.8) is 0 Å². The molecule has 1 heterocycles. The van der Waals surface area contributed by atoms with Crippen molar-refractivity contribution in [2.45, 2.75) is 18.0 Å². The minimum absolute atomic E-state index is 0.0151. The van der Waals surface area contributed by atoms with Gasteiger partial charge in [-0.15, -0.1) is 5.10 Å². The highest BCUT2D eigenvalue weighted by atomic mass is 32.2. The fraction of sp³-hybridized carbons (Fsp3) is 0.176. The van der Waals surface area contributed by atoms with Crippen LogP contribution in [0.15, 0.2) is 53.7 Å². The second kappa shape index (κ2) is 7.89. The Morgan fingerprint density at radius 3 is 2.56 bits per heavy atom. The number of aromatic hydroxyl groups is 1. The van der Waals surface area contributed by atoms with Crippen molar-refractivity contribution in [1.82, 2.24) is 20.2 Å². The second-order valence-electron chi connectivity index (χ2n) is 5.27. The molecule has 0 saturated heterocycles. The molecule has 2 aromatic carbocycles. The Kier molecular flexibility index (Phi) is 5.39. The van der Waals surface area contributed by atoms with Crippen molar-refractivity contribution < 1.29 is 14.3 Å². The molecule has 1 N–H and O–H groups in total. The maximum atomic E-state index is 12.9. The fourth-order valence-corrected chi connectivity index (χ4v) is 3.03. The number of carbonyl (C=O) groups excluding carboxylic acids is 1. The molecule has 0 saturated carbocycles. The number of phenolic OH excluding ortho intramolecular Hbond substituents is 1. The van der Waals surface area contributed by atoms with Gasteiger partial charge in [0.25, 0.3) is 0 Å². The fourth-order valence-electron chi connectivity index (χ4n) is 2.20. The van der Waals surface area contributed by atoms with Crippen LogP contribution in [0.1, 0.15) is 23.2 Å². The van der Waals surface area contributed by atoms with Gasteiger partial charge in [-0.1, -0.05) is 11.8 Å². The number of hydrogen-bond acceptors (Lipinski definition) is 6. The van der Waals surface area contributed by atoms with E-state index in [0.29, 0.717) is 29.3 Å². The average Bonchev–Trinajstić information content (AvgIpc) is 3.08. The predicted molar refractivity (Wildman–Crippen MR) is 91.5 cm³/mol.